The third-order valence-electron chi connectivity index (χ3n) is 3.97. The van der Waals surface area contributed by atoms with Crippen LogP contribution in [0.2, 0.25) is 5.02 Å². The quantitative estimate of drug-likeness (QED) is 0.752. The topological polar surface area (TPSA) is 105 Å². The van der Waals surface area contributed by atoms with Crippen molar-refractivity contribution in [1.82, 2.24) is 4.72 Å². The van der Waals surface area contributed by atoms with Crippen LogP contribution in [-0.2, 0) is 14.8 Å². The molecule has 0 saturated heterocycles. The van der Waals surface area contributed by atoms with Crippen LogP contribution in [0.1, 0.15) is 25.7 Å². The number of ether oxygens (including phenoxy) is 1. The summed E-state index contributed by atoms with van der Waals surface area (Å²) in [5, 5.41) is 12.1. The first kappa shape index (κ1) is 16.5. The van der Waals surface area contributed by atoms with E-state index in [-0.39, 0.29) is 40.3 Å². The smallest absolute Gasteiger partial charge is 0.262 e. The van der Waals surface area contributed by atoms with Gasteiger partial charge in [-0.3, -0.25) is 4.79 Å². The summed E-state index contributed by atoms with van der Waals surface area (Å²) < 4.78 is 33.0. The number of benzene rings is 1. The molecule has 3 rings (SSSR count). The maximum absolute atomic E-state index is 12.6. The van der Waals surface area contributed by atoms with E-state index in [4.69, 9.17) is 16.3 Å². The summed E-state index contributed by atoms with van der Waals surface area (Å²) in [6, 6.07) is 2.46. The second-order valence-electron chi connectivity index (χ2n) is 5.74. The van der Waals surface area contributed by atoms with Gasteiger partial charge in [-0.25, -0.2) is 13.1 Å². The number of halogens is 1. The second-order valence-corrected chi connectivity index (χ2v) is 7.83. The molecule has 1 amide bonds. The summed E-state index contributed by atoms with van der Waals surface area (Å²) in [7, 11) is -3.81. The van der Waals surface area contributed by atoms with Crippen LogP contribution in [0.15, 0.2) is 17.0 Å². The van der Waals surface area contributed by atoms with Crippen molar-refractivity contribution in [2.24, 2.45) is 0 Å². The highest BCUT2D eigenvalue weighted by atomic mass is 35.5. The number of nitrogens with one attached hydrogen (secondary N) is 2. The molecule has 0 radical (unpaired) electrons. The molecule has 0 spiro atoms. The number of fused-ring (bicyclic) bond motifs is 1. The lowest BCUT2D eigenvalue weighted by molar-refractivity contribution is -0.118. The Bertz CT molecular complexity index is 729. The van der Waals surface area contributed by atoms with Gasteiger partial charge in [-0.05, 0) is 31.7 Å². The Hall–Kier alpha value is -1.35. The predicted octanol–water partition coefficient (Wildman–Crippen LogP) is 1.25. The number of hydrogen-bond donors (Lipinski definition) is 3. The van der Waals surface area contributed by atoms with E-state index in [2.05, 4.69) is 10.0 Å². The number of amides is 1. The molecule has 1 aromatic carbocycles. The second kappa shape index (κ2) is 6.27. The third-order valence-corrected chi connectivity index (χ3v) is 5.96. The van der Waals surface area contributed by atoms with E-state index in [0.717, 1.165) is 0 Å². The standard InChI is InChI=1S/C14H17ClN2O5S/c15-10-5-11-12(22-7-14(19)16-11)6-13(10)23(20,21)17-8-1-3-9(18)4-2-8/h5-6,8-9,17-18H,1-4,7H2,(H,16,19). The molecule has 7 nitrogen and oxygen atoms in total. The van der Waals surface area contributed by atoms with E-state index >= 15 is 0 Å². The van der Waals surface area contributed by atoms with E-state index in [1.54, 1.807) is 0 Å². The first-order valence-corrected chi connectivity index (χ1v) is 9.18. The maximum atomic E-state index is 12.6. The molecule has 9 heteroatoms. The highest BCUT2D eigenvalue weighted by molar-refractivity contribution is 7.89. The largest absolute Gasteiger partial charge is 0.482 e. The number of sulfonamides is 1. The first-order valence-electron chi connectivity index (χ1n) is 7.32. The zero-order valence-corrected chi connectivity index (χ0v) is 13.8. The van der Waals surface area contributed by atoms with Crippen molar-refractivity contribution in [2.45, 2.75) is 42.7 Å². The average Bonchev–Trinajstić information content (AvgIpc) is 2.48. The summed E-state index contributed by atoms with van der Waals surface area (Å²) in [5.41, 5.74) is 0.353. The highest BCUT2D eigenvalue weighted by Gasteiger charge is 2.28. The molecular weight excluding hydrogens is 344 g/mol. The van der Waals surface area contributed by atoms with E-state index < -0.39 is 10.0 Å². The molecule has 2 aliphatic rings. The number of rotatable bonds is 3. The van der Waals surface area contributed by atoms with Crippen LogP contribution in [0, 0.1) is 0 Å². The number of carbonyl (C=O) groups is 1. The van der Waals surface area contributed by atoms with Crippen LogP contribution in [0.3, 0.4) is 0 Å². The van der Waals surface area contributed by atoms with Gasteiger partial charge in [-0.2, -0.15) is 0 Å². The van der Waals surface area contributed by atoms with Gasteiger partial charge >= 0.3 is 0 Å². The molecule has 126 valence electrons. The normalized spacial score (nSPS) is 24.5. The van der Waals surface area contributed by atoms with Gasteiger partial charge in [0.2, 0.25) is 10.0 Å². The zero-order chi connectivity index (χ0) is 16.6. The van der Waals surface area contributed by atoms with Crippen molar-refractivity contribution in [3.8, 4) is 5.75 Å². The molecule has 1 fully saturated rings. The van der Waals surface area contributed by atoms with Gasteiger partial charge in [0.1, 0.15) is 10.6 Å². The molecule has 1 heterocycles. The third kappa shape index (κ3) is 3.60. The first-order chi connectivity index (χ1) is 10.8. The van der Waals surface area contributed by atoms with Gasteiger partial charge in [0, 0.05) is 12.1 Å². The molecule has 1 aliphatic heterocycles. The van der Waals surface area contributed by atoms with Crippen LogP contribution in [0.5, 0.6) is 5.75 Å². The molecular formula is C14H17ClN2O5S. The number of carbonyl (C=O) groups excluding carboxylic acids is 1. The Balaban J connectivity index is 1.84. The zero-order valence-electron chi connectivity index (χ0n) is 12.2. The molecule has 1 aliphatic carbocycles. The summed E-state index contributed by atoms with van der Waals surface area (Å²) in [5.74, 6) is -0.0449. The Kier molecular flexibility index (Phi) is 4.50. The van der Waals surface area contributed by atoms with E-state index in [9.17, 15) is 18.3 Å². The lowest BCUT2D eigenvalue weighted by Gasteiger charge is -2.26. The van der Waals surface area contributed by atoms with Gasteiger partial charge in [0.25, 0.3) is 5.91 Å². The lowest BCUT2D eigenvalue weighted by atomic mass is 9.94. The average molecular weight is 361 g/mol. The maximum Gasteiger partial charge on any atom is 0.262 e. The molecule has 23 heavy (non-hydrogen) atoms. The van der Waals surface area contributed by atoms with E-state index in [1.165, 1.54) is 12.1 Å². The molecule has 0 aromatic heterocycles. The number of anilines is 1. The molecule has 1 aromatic rings. The molecule has 0 unspecified atom stereocenters. The fourth-order valence-electron chi connectivity index (χ4n) is 2.76. The lowest BCUT2D eigenvalue weighted by Crippen LogP contribution is -2.38. The number of aliphatic hydroxyl groups is 1. The van der Waals surface area contributed by atoms with Crippen LogP contribution in [-0.4, -0.2) is 38.2 Å². The van der Waals surface area contributed by atoms with E-state index in [1.807, 2.05) is 0 Å². The number of aliphatic hydroxyl groups excluding tert-OH is 1. The Morgan fingerprint density at radius 2 is 1.96 bits per heavy atom. The molecule has 0 bridgehead atoms. The van der Waals surface area contributed by atoms with Gasteiger partial charge in [-0.1, -0.05) is 11.6 Å². The van der Waals surface area contributed by atoms with Crippen molar-refractivity contribution in [3.05, 3.63) is 17.2 Å². The predicted molar refractivity (Wildman–Crippen MR) is 84.2 cm³/mol. The highest BCUT2D eigenvalue weighted by Crippen LogP contribution is 2.36. The Labute approximate surface area is 139 Å². The summed E-state index contributed by atoms with van der Waals surface area (Å²) in [6.07, 6.45) is 1.94. The Morgan fingerprint density at radius 1 is 1.26 bits per heavy atom. The summed E-state index contributed by atoms with van der Waals surface area (Å²) >= 11 is 6.07. The minimum Gasteiger partial charge on any atom is -0.482 e. The number of hydrogen-bond acceptors (Lipinski definition) is 5. The van der Waals surface area contributed by atoms with Crippen molar-refractivity contribution in [3.63, 3.8) is 0 Å². The van der Waals surface area contributed by atoms with Crippen LogP contribution in [0.4, 0.5) is 5.69 Å². The van der Waals surface area contributed by atoms with Crippen molar-refractivity contribution in [2.75, 3.05) is 11.9 Å². The van der Waals surface area contributed by atoms with Gasteiger partial charge in [0.05, 0.1) is 16.8 Å². The fraction of sp³-hybridized carbons (Fsp3) is 0.500. The summed E-state index contributed by atoms with van der Waals surface area (Å²) in [4.78, 5) is 11.2. The summed E-state index contributed by atoms with van der Waals surface area (Å²) in [6.45, 7) is -0.165. The molecule has 1 saturated carbocycles. The molecule has 0 atom stereocenters. The van der Waals surface area contributed by atoms with Crippen LogP contribution < -0.4 is 14.8 Å². The van der Waals surface area contributed by atoms with Crippen molar-refractivity contribution >= 4 is 33.2 Å². The van der Waals surface area contributed by atoms with E-state index in [0.29, 0.717) is 31.4 Å². The van der Waals surface area contributed by atoms with Crippen LogP contribution >= 0.6 is 11.6 Å². The monoisotopic (exact) mass is 360 g/mol. The van der Waals surface area contributed by atoms with Gasteiger partial charge in [-0.15, -0.1) is 0 Å². The van der Waals surface area contributed by atoms with Gasteiger partial charge in [0.15, 0.2) is 6.61 Å². The van der Waals surface area contributed by atoms with Gasteiger partial charge < -0.3 is 15.2 Å². The van der Waals surface area contributed by atoms with Crippen molar-refractivity contribution < 1.29 is 23.1 Å². The fourth-order valence-corrected chi connectivity index (χ4v) is 4.61. The molecule has 3 N–H and O–H groups in total. The minimum atomic E-state index is -3.81. The minimum absolute atomic E-state index is 0.0119. The SMILES string of the molecule is O=C1COc2cc(S(=O)(=O)NC3CCC(O)CC3)c(Cl)cc2N1. The van der Waals surface area contributed by atoms with Crippen LogP contribution in [0.25, 0.3) is 0 Å². The van der Waals surface area contributed by atoms with Crippen molar-refractivity contribution in [1.29, 1.82) is 0 Å². The Morgan fingerprint density at radius 3 is 2.65 bits per heavy atom.